The Balaban J connectivity index is 1.75. The summed E-state index contributed by atoms with van der Waals surface area (Å²) in [5.74, 6) is 0.965. The molecule has 1 aromatic rings. The summed E-state index contributed by atoms with van der Waals surface area (Å²) in [6.07, 6.45) is 1.21. The van der Waals surface area contributed by atoms with Crippen molar-refractivity contribution in [2.24, 2.45) is 7.05 Å². The first-order chi connectivity index (χ1) is 10.3. The second-order valence-electron chi connectivity index (χ2n) is 6.17. The number of thioether (sulfide) groups is 1. The van der Waals surface area contributed by atoms with Crippen LogP contribution in [0.1, 0.15) is 24.7 Å². The molecular formula is C14H23N3O3S2. The molecule has 124 valence electrons. The zero-order chi connectivity index (χ0) is 16.1. The minimum absolute atomic E-state index is 0.0525. The molecular weight excluding hydrogens is 322 g/mol. The molecule has 6 nitrogen and oxygen atoms in total. The van der Waals surface area contributed by atoms with Crippen molar-refractivity contribution < 1.29 is 13.2 Å². The van der Waals surface area contributed by atoms with Gasteiger partial charge >= 0.3 is 0 Å². The summed E-state index contributed by atoms with van der Waals surface area (Å²) in [4.78, 5) is 0.370. The lowest BCUT2D eigenvalue weighted by atomic mass is 9.95. The predicted octanol–water partition coefficient (Wildman–Crippen LogP) is 1.32. The molecule has 3 rings (SSSR count). The van der Waals surface area contributed by atoms with Crippen molar-refractivity contribution in [2.45, 2.75) is 42.9 Å². The number of rotatable bonds is 4. The SMILES string of the molecule is CCO[C@@H]1CSC2(C1)CN(S(=O)(=O)c1c(C)nn(C)c1C)C2. The highest BCUT2D eigenvalue weighted by Gasteiger charge is 2.53. The van der Waals surface area contributed by atoms with Gasteiger partial charge < -0.3 is 4.74 Å². The van der Waals surface area contributed by atoms with Crippen molar-refractivity contribution in [2.75, 3.05) is 25.4 Å². The van der Waals surface area contributed by atoms with Crippen molar-refractivity contribution in [1.82, 2.24) is 14.1 Å². The Bertz CT molecular complexity index is 678. The molecule has 0 aliphatic carbocycles. The molecule has 3 heterocycles. The van der Waals surface area contributed by atoms with Gasteiger partial charge in [-0.25, -0.2) is 8.42 Å². The Labute approximate surface area is 136 Å². The lowest BCUT2D eigenvalue weighted by molar-refractivity contribution is 0.0598. The topological polar surface area (TPSA) is 64.4 Å². The van der Waals surface area contributed by atoms with Crippen molar-refractivity contribution in [3.05, 3.63) is 11.4 Å². The summed E-state index contributed by atoms with van der Waals surface area (Å²) in [7, 11) is -1.66. The van der Waals surface area contributed by atoms with E-state index in [1.54, 1.807) is 29.9 Å². The van der Waals surface area contributed by atoms with Gasteiger partial charge in [0, 0.05) is 37.2 Å². The molecule has 1 aromatic heterocycles. The molecule has 2 saturated heterocycles. The molecule has 0 saturated carbocycles. The molecule has 2 aliphatic heterocycles. The molecule has 0 bridgehead atoms. The van der Waals surface area contributed by atoms with Crippen molar-refractivity contribution >= 4 is 21.8 Å². The average Bonchev–Trinajstić information content (AvgIpc) is 2.91. The summed E-state index contributed by atoms with van der Waals surface area (Å²) in [6.45, 7) is 7.44. The second kappa shape index (κ2) is 5.51. The van der Waals surface area contributed by atoms with E-state index in [0.717, 1.165) is 18.8 Å². The zero-order valence-electron chi connectivity index (χ0n) is 13.5. The third-order valence-corrected chi connectivity index (χ3v) is 8.17. The Hall–Kier alpha value is -0.570. The average molecular weight is 345 g/mol. The van der Waals surface area contributed by atoms with E-state index in [4.69, 9.17) is 4.74 Å². The third kappa shape index (κ3) is 2.50. The molecule has 1 atom stereocenters. The van der Waals surface area contributed by atoms with Crippen LogP contribution in [0.4, 0.5) is 0 Å². The molecule has 8 heteroatoms. The quantitative estimate of drug-likeness (QED) is 0.823. The summed E-state index contributed by atoms with van der Waals surface area (Å²) in [6, 6.07) is 0. The van der Waals surface area contributed by atoms with Gasteiger partial charge in [-0.1, -0.05) is 0 Å². The highest BCUT2D eigenvalue weighted by Crippen LogP contribution is 2.47. The molecule has 0 N–H and O–H groups in total. The van der Waals surface area contributed by atoms with Crippen molar-refractivity contribution in [1.29, 1.82) is 0 Å². The summed E-state index contributed by atoms with van der Waals surface area (Å²) < 4.78 is 34.6. The number of aryl methyl sites for hydroxylation is 2. The second-order valence-corrected chi connectivity index (χ2v) is 9.53. The van der Waals surface area contributed by atoms with E-state index in [9.17, 15) is 8.42 Å². The van der Waals surface area contributed by atoms with Crippen LogP contribution in [0, 0.1) is 13.8 Å². The highest BCUT2D eigenvalue weighted by molar-refractivity contribution is 8.01. The largest absolute Gasteiger partial charge is 0.378 e. The molecule has 1 spiro atoms. The number of hydrogen-bond donors (Lipinski definition) is 0. The third-order valence-electron chi connectivity index (χ3n) is 4.55. The van der Waals surface area contributed by atoms with E-state index >= 15 is 0 Å². The number of nitrogens with zero attached hydrogens (tertiary/aromatic N) is 3. The van der Waals surface area contributed by atoms with Crippen LogP contribution in [0.2, 0.25) is 0 Å². The van der Waals surface area contributed by atoms with Gasteiger partial charge in [-0.05, 0) is 27.2 Å². The minimum atomic E-state index is -3.44. The minimum Gasteiger partial charge on any atom is -0.378 e. The Morgan fingerprint density at radius 1 is 1.41 bits per heavy atom. The predicted molar refractivity (Wildman–Crippen MR) is 86.7 cm³/mol. The number of hydrogen-bond acceptors (Lipinski definition) is 5. The van der Waals surface area contributed by atoms with Gasteiger partial charge in [0.25, 0.3) is 0 Å². The van der Waals surface area contributed by atoms with E-state index < -0.39 is 10.0 Å². The van der Waals surface area contributed by atoms with Gasteiger partial charge in [0.2, 0.25) is 10.0 Å². The standard InChI is InChI=1S/C14H23N3O3S2/c1-5-20-12-6-14(21-7-12)8-17(9-14)22(18,19)13-10(2)15-16(4)11(13)3/h12H,5-9H2,1-4H3/t12-/m0/s1. The number of sulfonamides is 1. The first-order valence-electron chi connectivity index (χ1n) is 7.55. The van der Waals surface area contributed by atoms with Crippen LogP contribution in [-0.4, -0.2) is 58.8 Å². The maximum atomic E-state index is 12.8. The fourth-order valence-electron chi connectivity index (χ4n) is 3.39. The molecule has 22 heavy (non-hydrogen) atoms. The van der Waals surface area contributed by atoms with E-state index in [0.29, 0.717) is 29.4 Å². The monoisotopic (exact) mass is 345 g/mol. The lowest BCUT2D eigenvalue weighted by Crippen LogP contribution is -2.60. The first kappa shape index (κ1) is 16.3. The lowest BCUT2D eigenvalue weighted by Gasteiger charge is -2.46. The van der Waals surface area contributed by atoms with E-state index in [1.807, 2.05) is 18.7 Å². The smallest absolute Gasteiger partial charge is 0.246 e. The number of ether oxygens (including phenoxy) is 1. The van der Waals surface area contributed by atoms with E-state index in [2.05, 4.69) is 5.10 Å². The first-order valence-corrected chi connectivity index (χ1v) is 9.97. The summed E-state index contributed by atoms with van der Waals surface area (Å²) >= 11 is 1.86. The van der Waals surface area contributed by atoms with Gasteiger partial charge in [0.1, 0.15) is 4.90 Å². The maximum absolute atomic E-state index is 12.8. The van der Waals surface area contributed by atoms with Crippen LogP contribution in [0.3, 0.4) is 0 Å². The molecule has 0 unspecified atom stereocenters. The maximum Gasteiger partial charge on any atom is 0.246 e. The highest BCUT2D eigenvalue weighted by atomic mass is 32.2. The van der Waals surface area contributed by atoms with E-state index in [-0.39, 0.29) is 10.9 Å². The normalized spacial score (nSPS) is 24.8. The fourth-order valence-corrected chi connectivity index (χ4v) is 7.12. The Kier molecular flexibility index (Phi) is 4.08. The van der Waals surface area contributed by atoms with Crippen LogP contribution in [0.15, 0.2) is 4.90 Å². The molecule has 0 aromatic carbocycles. The Morgan fingerprint density at radius 3 is 2.64 bits per heavy atom. The molecule has 2 fully saturated rings. The molecule has 0 radical (unpaired) electrons. The van der Waals surface area contributed by atoms with Crippen LogP contribution in [-0.2, 0) is 21.8 Å². The summed E-state index contributed by atoms with van der Waals surface area (Å²) in [5.41, 5.74) is 1.27. The van der Waals surface area contributed by atoms with E-state index in [1.165, 1.54) is 0 Å². The number of aromatic nitrogens is 2. The van der Waals surface area contributed by atoms with Crippen LogP contribution < -0.4 is 0 Å². The van der Waals surface area contributed by atoms with Crippen LogP contribution >= 0.6 is 11.8 Å². The van der Waals surface area contributed by atoms with Crippen molar-refractivity contribution in [3.8, 4) is 0 Å². The van der Waals surface area contributed by atoms with Crippen molar-refractivity contribution in [3.63, 3.8) is 0 Å². The van der Waals surface area contributed by atoms with Crippen LogP contribution in [0.5, 0.6) is 0 Å². The van der Waals surface area contributed by atoms with Gasteiger partial charge in [-0.3, -0.25) is 4.68 Å². The molecule has 0 amide bonds. The fraction of sp³-hybridized carbons (Fsp3) is 0.786. The van der Waals surface area contributed by atoms with Gasteiger partial charge in [-0.15, -0.1) is 11.8 Å². The Morgan fingerprint density at radius 2 is 2.09 bits per heavy atom. The van der Waals surface area contributed by atoms with Gasteiger partial charge in [-0.2, -0.15) is 9.40 Å². The summed E-state index contributed by atoms with van der Waals surface area (Å²) in [5, 5.41) is 4.23. The van der Waals surface area contributed by atoms with Gasteiger partial charge in [0.05, 0.1) is 17.5 Å². The van der Waals surface area contributed by atoms with Crippen LogP contribution in [0.25, 0.3) is 0 Å². The van der Waals surface area contributed by atoms with Gasteiger partial charge in [0.15, 0.2) is 0 Å². The molecule has 2 aliphatic rings. The zero-order valence-corrected chi connectivity index (χ0v) is 15.1.